The van der Waals surface area contributed by atoms with E-state index >= 15 is 0 Å². The van der Waals surface area contributed by atoms with Crippen molar-refractivity contribution in [3.8, 4) is 0 Å². The molecule has 0 fully saturated rings. The van der Waals surface area contributed by atoms with Gasteiger partial charge < -0.3 is 0 Å². The lowest BCUT2D eigenvalue weighted by molar-refractivity contribution is 1.27. The van der Waals surface area contributed by atoms with Crippen molar-refractivity contribution in [2.75, 3.05) is 0 Å². The summed E-state index contributed by atoms with van der Waals surface area (Å²) < 4.78 is 0. The van der Waals surface area contributed by atoms with Crippen molar-refractivity contribution in [1.29, 1.82) is 0 Å². The average Bonchev–Trinajstić information content (AvgIpc) is 2.26. The van der Waals surface area contributed by atoms with Crippen molar-refractivity contribution >= 4 is 21.6 Å². The molecule has 0 saturated heterocycles. The molecule has 0 bridgehead atoms. The summed E-state index contributed by atoms with van der Waals surface area (Å²) in [5, 5.41) is 0. The first kappa shape index (κ1) is 13.6. The highest BCUT2D eigenvalue weighted by atomic mass is 33.1. The fourth-order valence-corrected chi connectivity index (χ4v) is 4.34. The predicted octanol–water partition coefficient (Wildman–Crippen LogP) is 5.72. The molecule has 0 aliphatic carbocycles. The molecule has 0 atom stereocenters. The molecule has 0 aromatic heterocycles. The van der Waals surface area contributed by atoms with Gasteiger partial charge in [0.1, 0.15) is 0 Å². The largest absolute Gasteiger partial charge is 0.0582 e. The predicted molar refractivity (Wildman–Crippen MR) is 83.5 cm³/mol. The van der Waals surface area contributed by atoms with E-state index in [1.54, 1.807) is 0 Å². The zero-order valence-electron chi connectivity index (χ0n) is 11.3. The first-order valence-corrected chi connectivity index (χ1v) is 8.19. The van der Waals surface area contributed by atoms with E-state index in [-0.39, 0.29) is 0 Å². The van der Waals surface area contributed by atoms with Gasteiger partial charge in [-0.05, 0) is 62.6 Å². The smallest absolute Gasteiger partial charge is 0.0215 e. The number of aryl methyl sites for hydroxylation is 4. The van der Waals surface area contributed by atoms with Gasteiger partial charge in [-0.25, -0.2) is 0 Å². The van der Waals surface area contributed by atoms with Crippen LogP contribution in [0.5, 0.6) is 0 Å². The van der Waals surface area contributed by atoms with Crippen LogP contribution in [0.3, 0.4) is 0 Å². The van der Waals surface area contributed by atoms with Gasteiger partial charge in [0.15, 0.2) is 0 Å². The average molecular weight is 274 g/mol. The highest BCUT2D eigenvalue weighted by molar-refractivity contribution is 8.76. The lowest BCUT2D eigenvalue weighted by Gasteiger charge is -2.07. The van der Waals surface area contributed by atoms with Gasteiger partial charge in [0, 0.05) is 9.79 Å². The lowest BCUT2D eigenvalue weighted by atomic mass is 10.2. The Bertz CT molecular complexity index is 539. The van der Waals surface area contributed by atoms with Gasteiger partial charge in [-0.3, -0.25) is 0 Å². The van der Waals surface area contributed by atoms with Gasteiger partial charge in [0.2, 0.25) is 0 Å². The van der Waals surface area contributed by atoms with Crippen LogP contribution < -0.4 is 0 Å². The Morgan fingerprint density at radius 2 is 1.33 bits per heavy atom. The molecular weight excluding hydrogens is 256 g/mol. The maximum atomic E-state index is 2.24. The summed E-state index contributed by atoms with van der Waals surface area (Å²) in [6.45, 7) is 8.62. The van der Waals surface area contributed by atoms with Crippen LogP contribution in [-0.2, 0) is 0 Å². The van der Waals surface area contributed by atoms with Gasteiger partial charge in [-0.15, -0.1) is 0 Å². The molecule has 2 heteroatoms. The van der Waals surface area contributed by atoms with Crippen molar-refractivity contribution in [3.05, 3.63) is 58.7 Å². The molecule has 2 aromatic carbocycles. The van der Waals surface area contributed by atoms with E-state index in [4.69, 9.17) is 0 Å². The molecule has 0 radical (unpaired) electrons. The molecular formula is C16H18S2. The molecule has 0 spiro atoms. The Hall–Kier alpha value is -0.860. The minimum absolute atomic E-state index is 1.33. The van der Waals surface area contributed by atoms with Crippen molar-refractivity contribution in [2.24, 2.45) is 0 Å². The normalized spacial score (nSPS) is 10.7. The number of hydrogen-bond acceptors (Lipinski definition) is 2. The Morgan fingerprint density at radius 3 is 1.94 bits per heavy atom. The third kappa shape index (κ3) is 3.56. The minimum Gasteiger partial charge on any atom is -0.0582 e. The zero-order valence-corrected chi connectivity index (χ0v) is 12.9. The lowest BCUT2D eigenvalue weighted by Crippen LogP contribution is -1.81. The van der Waals surface area contributed by atoms with E-state index in [1.807, 2.05) is 21.6 Å². The van der Waals surface area contributed by atoms with Gasteiger partial charge >= 0.3 is 0 Å². The van der Waals surface area contributed by atoms with Crippen molar-refractivity contribution < 1.29 is 0 Å². The van der Waals surface area contributed by atoms with Gasteiger partial charge in [-0.2, -0.15) is 0 Å². The highest BCUT2D eigenvalue weighted by Gasteiger charge is 2.02. The van der Waals surface area contributed by atoms with Crippen LogP contribution in [0.1, 0.15) is 22.3 Å². The number of rotatable bonds is 3. The molecule has 94 valence electrons. The van der Waals surface area contributed by atoms with Crippen molar-refractivity contribution in [1.82, 2.24) is 0 Å². The monoisotopic (exact) mass is 274 g/mol. The second-order valence-electron chi connectivity index (χ2n) is 4.76. The summed E-state index contributed by atoms with van der Waals surface area (Å²) in [5.74, 6) is 0. The topological polar surface area (TPSA) is 0 Å². The van der Waals surface area contributed by atoms with Crippen LogP contribution in [0.15, 0.2) is 46.2 Å². The molecule has 2 aromatic rings. The van der Waals surface area contributed by atoms with Crippen LogP contribution in [0.2, 0.25) is 0 Å². The molecule has 18 heavy (non-hydrogen) atoms. The summed E-state index contributed by atoms with van der Waals surface area (Å²) in [7, 11) is 3.68. The van der Waals surface area contributed by atoms with Crippen LogP contribution in [0.25, 0.3) is 0 Å². The van der Waals surface area contributed by atoms with Gasteiger partial charge in [-0.1, -0.05) is 45.4 Å². The molecule has 0 heterocycles. The minimum atomic E-state index is 1.33. The third-order valence-electron chi connectivity index (χ3n) is 2.75. The van der Waals surface area contributed by atoms with E-state index in [9.17, 15) is 0 Å². The molecule has 0 saturated carbocycles. The maximum absolute atomic E-state index is 2.24. The Balaban J connectivity index is 2.11. The molecule has 0 aliphatic heterocycles. The molecule has 0 aliphatic rings. The second-order valence-corrected chi connectivity index (χ2v) is 7.00. The standard InChI is InChI=1S/C16H18S2/c1-11-5-6-16(14(4)8-11)18-17-15-9-12(2)7-13(3)10-15/h5-10H,1-4H3. The van der Waals surface area contributed by atoms with Crippen molar-refractivity contribution in [2.45, 2.75) is 37.5 Å². The highest BCUT2D eigenvalue weighted by Crippen LogP contribution is 2.39. The quantitative estimate of drug-likeness (QED) is 0.656. The van der Waals surface area contributed by atoms with Crippen molar-refractivity contribution in [3.63, 3.8) is 0 Å². The van der Waals surface area contributed by atoms with E-state index in [0.717, 1.165) is 0 Å². The zero-order chi connectivity index (χ0) is 13.1. The number of benzene rings is 2. The van der Waals surface area contributed by atoms with E-state index < -0.39 is 0 Å². The fourth-order valence-electron chi connectivity index (χ4n) is 1.97. The van der Waals surface area contributed by atoms with Crippen LogP contribution in [0.4, 0.5) is 0 Å². The van der Waals surface area contributed by atoms with Crippen LogP contribution in [-0.4, -0.2) is 0 Å². The van der Waals surface area contributed by atoms with E-state index in [0.29, 0.717) is 0 Å². The number of hydrogen-bond donors (Lipinski definition) is 0. The Morgan fingerprint density at radius 1 is 0.667 bits per heavy atom. The summed E-state index contributed by atoms with van der Waals surface area (Å²) >= 11 is 0. The van der Waals surface area contributed by atoms with E-state index in [1.165, 1.54) is 32.0 Å². The summed E-state index contributed by atoms with van der Waals surface area (Å²) in [6.07, 6.45) is 0. The summed E-state index contributed by atoms with van der Waals surface area (Å²) in [5.41, 5.74) is 5.35. The summed E-state index contributed by atoms with van der Waals surface area (Å²) in [6, 6.07) is 13.3. The fraction of sp³-hybridized carbons (Fsp3) is 0.250. The Labute approximate surface area is 118 Å². The molecule has 0 N–H and O–H groups in total. The first-order chi connectivity index (χ1) is 8.54. The van der Waals surface area contributed by atoms with Gasteiger partial charge in [0.25, 0.3) is 0 Å². The van der Waals surface area contributed by atoms with Gasteiger partial charge in [0.05, 0.1) is 0 Å². The second kappa shape index (κ2) is 5.85. The SMILES string of the molecule is Cc1cc(C)cc(SSc2ccc(C)cc2C)c1. The molecule has 0 amide bonds. The molecule has 2 rings (SSSR count). The third-order valence-corrected chi connectivity index (χ3v) is 5.27. The van der Waals surface area contributed by atoms with Crippen LogP contribution >= 0.6 is 21.6 Å². The summed E-state index contributed by atoms with van der Waals surface area (Å²) in [4.78, 5) is 2.68. The Kier molecular flexibility index (Phi) is 4.41. The first-order valence-electron chi connectivity index (χ1n) is 6.04. The molecule has 0 nitrogen and oxygen atoms in total. The molecule has 0 unspecified atom stereocenters. The van der Waals surface area contributed by atoms with E-state index in [2.05, 4.69) is 64.1 Å². The maximum Gasteiger partial charge on any atom is 0.0215 e. The van der Waals surface area contributed by atoms with Crippen LogP contribution in [0, 0.1) is 27.7 Å².